The van der Waals surface area contributed by atoms with Crippen molar-refractivity contribution in [3.63, 3.8) is 0 Å². The predicted molar refractivity (Wildman–Crippen MR) is 97.5 cm³/mol. The molecular weight excluding hydrogens is 316 g/mol. The number of rotatable bonds is 6. The van der Waals surface area contributed by atoms with E-state index in [4.69, 9.17) is 14.2 Å². The first kappa shape index (κ1) is 16.8. The van der Waals surface area contributed by atoms with Gasteiger partial charge in [-0.2, -0.15) is 0 Å². The lowest BCUT2D eigenvalue weighted by Crippen LogP contribution is -2.10. The fourth-order valence-corrected chi connectivity index (χ4v) is 2.85. The molecule has 0 radical (unpaired) electrons. The molecule has 0 N–H and O–H groups in total. The fourth-order valence-electron chi connectivity index (χ4n) is 2.85. The Hall–Kier alpha value is -3.01. The fraction of sp³-hybridized carbons (Fsp3) is 0.190. The molecule has 0 saturated heterocycles. The Morgan fingerprint density at radius 1 is 0.840 bits per heavy atom. The Morgan fingerprint density at radius 2 is 1.56 bits per heavy atom. The summed E-state index contributed by atoms with van der Waals surface area (Å²) < 4.78 is 16.3. The summed E-state index contributed by atoms with van der Waals surface area (Å²) in [4.78, 5) is 12.3. The summed E-state index contributed by atoms with van der Waals surface area (Å²) in [7, 11) is 3.19. The molecule has 0 aromatic heterocycles. The van der Waals surface area contributed by atoms with Crippen LogP contribution in [0, 0.1) is 0 Å². The second-order valence-corrected chi connectivity index (χ2v) is 5.60. The molecule has 0 heterocycles. The summed E-state index contributed by atoms with van der Waals surface area (Å²) in [5.41, 5.74) is 0.914. The summed E-state index contributed by atoms with van der Waals surface area (Å²) in [6, 6.07) is 19.2. The smallest absolute Gasteiger partial charge is 0.311 e. The molecule has 4 nitrogen and oxygen atoms in total. The maximum atomic E-state index is 12.3. The predicted octanol–water partition coefficient (Wildman–Crippen LogP) is 4.40. The van der Waals surface area contributed by atoms with Gasteiger partial charge in [0.1, 0.15) is 5.75 Å². The van der Waals surface area contributed by atoms with Gasteiger partial charge in [0.05, 0.1) is 20.6 Å². The van der Waals surface area contributed by atoms with Gasteiger partial charge in [-0.1, -0.05) is 48.5 Å². The van der Waals surface area contributed by atoms with Crippen LogP contribution in [0.2, 0.25) is 0 Å². The lowest BCUT2D eigenvalue weighted by Gasteiger charge is -2.12. The number of ether oxygens (including phenoxy) is 3. The van der Waals surface area contributed by atoms with Crippen LogP contribution < -0.4 is 14.2 Å². The molecule has 25 heavy (non-hydrogen) atoms. The van der Waals surface area contributed by atoms with Crippen LogP contribution in [0.15, 0.2) is 60.7 Å². The van der Waals surface area contributed by atoms with E-state index in [-0.39, 0.29) is 12.4 Å². The summed E-state index contributed by atoms with van der Waals surface area (Å²) >= 11 is 0. The van der Waals surface area contributed by atoms with Crippen molar-refractivity contribution in [2.45, 2.75) is 12.8 Å². The molecule has 0 bridgehead atoms. The van der Waals surface area contributed by atoms with Gasteiger partial charge in [-0.25, -0.2) is 0 Å². The number of benzene rings is 3. The normalized spacial score (nSPS) is 10.5. The Morgan fingerprint density at radius 3 is 2.36 bits per heavy atom. The van der Waals surface area contributed by atoms with Gasteiger partial charge < -0.3 is 14.2 Å². The number of carbonyl (C=O) groups excluding carboxylic acids is 1. The molecule has 3 aromatic rings. The van der Waals surface area contributed by atoms with E-state index in [0.29, 0.717) is 23.7 Å². The van der Waals surface area contributed by atoms with Gasteiger partial charge in [0.25, 0.3) is 0 Å². The average Bonchev–Trinajstić information content (AvgIpc) is 2.66. The van der Waals surface area contributed by atoms with E-state index >= 15 is 0 Å². The number of hydrogen-bond donors (Lipinski definition) is 0. The number of esters is 1. The first-order chi connectivity index (χ1) is 12.2. The third-order valence-corrected chi connectivity index (χ3v) is 4.06. The molecule has 128 valence electrons. The molecule has 3 aromatic carbocycles. The maximum absolute atomic E-state index is 12.3. The van der Waals surface area contributed by atoms with E-state index in [0.717, 1.165) is 16.3 Å². The minimum absolute atomic E-state index is 0.257. The van der Waals surface area contributed by atoms with E-state index < -0.39 is 0 Å². The highest BCUT2D eigenvalue weighted by Crippen LogP contribution is 2.31. The third-order valence-electron chi connectivity index (χ3n) is 4.06. The minimum Gasteiger partial charge on any atom is -0.493 e. The molecule has 3 rings (SSSR count). The lowest BCUT2D eigenvalue weighted by molar-refractivity contribution is -0.134. The van der Waals surface area contributed by atoms with Gasteiger partial charge in [-0.3, -0.25) is 4.79 Å². The van der Waals surface area contributed by atoms with Gasteiger partial charge in [-0.15, -0.1) is 0 Å². The summed E-state index contributed by atoms with van der Waals surface area (Å²) in [5, 5.41) is 1.97. The molecule has 0 amide bonds. The van der Waals surface area contributed by atoms with Crippen LogP contribution in [0.5, 0.6) is 17.2 Å². The van der Waals surface area contributed by atoms with Crippen molar-refractivity contribution in [1.29, 1.82) is 0 Å². The van der Waals surface area contributed by atoms with E-state index in [1.54, 1.807) is 14.2 Å². The van der Waals surface area contributed by atoms with Gasteiger partial charge in [0.15, 0.2) is 11.5 Å². The van der Waals surface area contributed by atoms with E-state index in [1.807, 2.05) is 60.7 Å². The van der Waals surface area contributed by atoms with Crippen molar-refractivity contribution < 1.29 is 19.0 Å². The first-order valence-electron chi connectivity index (χ1n) is 8.11. The average molecular weight is 336 g/mol. The molecule has 0 aliphatic rings. The van der Waals surface area contributed by atoms with Gasteiger partial charge in [0.2, 0.25) is 0 Å². The van der Waals surface area contributed by atoms with E-state index in [9.17, 15) is 4.79 Å². The van der Waals surface area contributed by atoms with Crippen LogP contribution in [0.1, 0.15) is 12.0 Å². The molecule has 0 atom stereocenters. The Balaban J connectivity index is 1.71. The van der Waals surface area contributed by atoms with Crippen LogP contribution in [0.25, 0.3) is 10.8 Å². The largest absolute Gasteiger partial charge is 0.493 e. The van der Waals surface area contributed by atoms with Crippen LogP contribution in [-0.2, 0) is 11.2 Å². The highest BCUT2D eigenvalue weighted by molar-refractivity contribution is 5.90. The number of para-hydroxylation sites is 1. The molecule has 4 heteroatoms. The van der Waals surface area contributed by atoms with Gasteiger partial charge in [-0.05, 0) is 29.5 Å². The zero-order chi connectivity index (χ0) is 17.6. The topological polar surface area (TPSA) is 44.8 Å². The molecule has 0 spiro atoms. The first-order valence-corrected chi connectivity index (χ1v) is 8.11. The second kappa shape index (κ2) is 7.71. The molecule has 0 saturated carbocycles. The Labute approximate surface area is 146 Å². The third kappa shape index (κ3) is 3.74. The summed E-state index contributed by atoms with van der Waals surface area (Å²) in [6.07, 6.45) is 0.775. The Bertz CT molecular complexity index is 881. The van der Waals surface area contributed by atoms with Crippen LogP contribution in [-0.4, -0.2) is 20.2 Å². The van der Waals surface area contributed by atoms with Gasteiger partial charge in [0, 0.05) is 5.39 Å². The van der Waals surface area contributed by atoms with Crippen molar-refractivity contribution in [3.05, 3.63) is 66.2 Å². The van der Waals surface area contributed by atoms with Crippen LogP contribution in [0.4, 0.5) is 0 Å². The monoisotopic (exact) mass is 336 g/mol. The van der Waals surface area contributed by atoms with Crippen molar-refractivity contribution in [3.8, 4) is 17.2 Å². The van der Waals surface area contributed by atoms with Gasteiger partial charge >= 0.3 is 5.97 Å². The molecule has 0 aliphatic carbocycles. The number of fused-ring (bicyclic) bond motifs is 1. The number of carbonyl (C=O) groups is 1. The Kier molecular flexibility index (Phi) is 5.19. The van der Waals surface area contributed by atoms with Crippen LogP contribution >= 0.6 is 0 Å². The molecule has 0 unspecified atom stereocenters. The molecular formula is C21H20O4. The zero-order valence-corrected chi connectivity index (χ0v) is 14.3. The quantitative estimate of drug-likeness (QED) is 0.494. The number of hydrogen-bond acceptors (Lipinski definition) is 4. The van der Waals surface area contributed by atoms with E-state index in [2.05, 4.69) is 0 Å². The standard InChI is InChI=1S/C21H20O4/c1-23-19-12-6-9-16(21(19)24-2)13-14-20(22)25-18-11-5-8-15-7-3-4-10-17(15)18/h3-12H,13-14H2,1-2H3. The second-order valence-electron chi connectivity index (χ2n) is 5.60. The molecule has 0 fully saturated rings. The van der Waals surface area contributed by atoms with Crippen molar-refractivity contribution in [1.82, 2.24) is 0 Å². The maximum Gasteiger partial charge on any atom is 0.311 e. The van der Waals surface area contributed by atoms with Crippen molar-refractivity contribution in [2.24, 2.45) is 0 Å². The van der Waals surface area contributed by atoms with Crippen LogP contribution in [0.3, 0.4) is 0 Å². The lowest BCUT2D eigenvalue weighted by atomic mass is 10.1. The summed E-state index contributed by atoms with van der Waals surface area (Å²) in [6.45, 7) is 0. The highest BCUT2D eigenvalue weighted by atomic mass is 16.5. The van der Waals surface area contributed by atoms with Crippen molar-refractivity contribution in [2.75, 3.05) is 14.2 Å². The number of methoxy groups -OCH3 is 2. The highest BCUT2D eigenvalue weighted by Gasteiger charge is 2.13. The zero-order valence-electron chi connectivity index (χ0n) is 14.3. The summed E-state index contributed by atoms with van der Waals surface area (Å²) in [5.74, 6) is 1.62. The SMILES string of the molecule is COc1cccc(CCC(=O)Oc2cccc3ccccc23)c1OC. The van der Waals surface area contributed by atoms with E-state index in [1.165, 1.54) is 0 Å². The minimum atomic E-state index is -0.277. The molecule has 0 aliphatic heterocycles. The van der Waals surface area contributed by atoms with Crippen molar-refractivity contribution >= 4 is 16.7 Å². The number of aryl methyl sites for hydroxylation is 1.